The van der Waals surface area contributed by atoms with Crippen LogP contribution in [0.5, 0.6) is 0 Å². The summed E-state index contributed by atoms with van der Waals surface area (Å²) in [7, 11) is 0. The summed E-state index contributed by atoms with van der Waals surface area (Å²) in [6.07, 6.45) is 2.32. The molecule has 0 aliphatic carbocycles. The van der Waals surface area contributed by atoms with E-state index in [0.717, 1.165) is 6.42 Å². The number of amides is 1. The Morgan fingerprint density at radius 3 is 2.56 bits per heavy atom. The van der Waals surface area contributed by atoms with Gasteiger partial charge in [0.2, 0.25) is 5.91 Å². The molecule has 4 nitrogen and oxygen atoms in total. The summed E-state index contributed by atoms with van der Waals surface area (Å²) in [6.45, 7) is 9.23. The van der Waals surface area contributed by atoms with Crippen LogP contribution in [0.4, 0.5) is 0 Å². The highest BCUT2D eigenvalue weighted by Crippen LogP contribution is 2.06. The van der Waals surface area contributed by atoms with Crippen molar-refractivity contribution in [3.63, 3.8) is 0 Å². The molecule has 0 aliphatic rings. The fourth-order valence-corrected chi connectivity index (χ4v) is 1.14. The van der Waals surface area contributed by atoms with Crippen LogP contribution in [0.25, 0.3) is 0 Å². The second kappa shape index (κ2) is 7.63. The summed E-state index contributed by atoms with van der Waals surface area (Å²) >= 11 is 0. The Morgan fingerprint density at radius 1 is 1.44 bits per heavy atom. The number of nitrogens with two attached hydrogens (primary N) is 1. The summed E-state index contributed by atoms with van der Waals surface area (Å²) in [5, 5.41) is 2.85. The molecule has 0 aromatic carbocycles. The Balaban J connectivity index is 3.38. The molecule has 96 valence electrons. The quantitative estimate of drug-likeness (QED) is 0.620. The van der Waals surface area contributed by atoms with Crippen molar-refractivity contribution in [2.24, 2.45) is 5.73 Å². The Hall–Kier alpha value is -0.610. The van der Waals surface area contributed by atoms with E-state index in [0.29, 0.717) is 26.0 Å². The van der Waals surface area contributed by atoms with Crippen LogP contribution >= 0.6 is 0 Å². The molecule has 4 heteroatoms. The first-order valence-electron chi connectivity index (χ1n) is 5.98. The van der Waals surface area contributed by atoms with Crippen molar-refractivity contribution >= 4 is 5.91 Å². The molecule has 0 fully saturated rings. The van der Waals surface area contributed by atoms with Gasteiger partial charge in [-0.05, 0) is 40.5 Å². The van der Waals surface area contributed by atoms with Crippen LogP contribution in [0.1, 0.15) is 47.0 Å². The lowest BCUT2D eigenvalue weighted by atomic mass is 10.00. The fraction of sp³-hybridized carbons (Fsp3) is 0.917. The molecule has 0 unspecified atom stereocenters. The first-order valence-corrected chi connectivity index (χ1v) is 5.98. The minimum absolute atomic E-state index is 0.0723. The van der Waals surface area contributed by atoms with Crippen molar-refractivity contribution in [1.29, 1.82) is 0 Å². The SMILES string of the molecule is CC(C)OCCCNC(=O)CCC(C)(C)N. The number of carbonyl (C=O) groups excluding carboxylic acids is 1. The van der Waals surface area contributed by atoms with Crippen molar-refractivity contribution in [1.82, 2.24) is 5.32 Å². The van der Waals surface area contributed by atoms with Crippen LogP contribution in [0.2, 0.25) is 0 Å². The molecular weight excluding hydrogens is 204 g/mol. The van der Waals surface area contributed by atoms with Crippen molar-refractivity contribution < 1.29 is 9.53 Å². The van der Waals surface area contributed by atoms with E-state index in [9.17, 15) is 4.79 Å². The standard InChI is InChI=1S/C12H26N2O2/c1-10(2)16-9-5-8-14-11(15)6-7-12(3,4)13/h10H,5-9,13H2,1-4H3,(H,14,15). The van der Waals surface area contributed by atoms with Gasteiger partial charge in [0, 0.05) is 25.1 Å². The van der Waals surface area contributed by atoms with Crippen molar-refractivity contribution in [3.8, 4) is 0 Å². The van der Waals surface area contributed by atoms with Crippen LogP contribution in [-0.2, 0) is 9.53 Å². The number of nitrogens with one attached hydrogen (secondary N) is 1. The highest BCUT2D eigenvalue weighted by molar-refractivity contribution is 5.75. The number of carbonyl (C=O) groups is 1. The van der Waals surface area contributed by atoms with E-state index in [2.05, 4.69) is 5.32 Å². The Bertz CT molecular complexity index is 198. The van der Waals surface area contributed by atoms with Gasteiger partial charge in [-0.25, -0.2) is 0 Å². The predicted molar refractivity (Wildman–Crippen MR) is 66.2 cm³/mol. The van der Waals surface area contributed by atoms with Gasteiger partial charge < -0.3 is 15.8 Å². The number of rotatable bonds is 8. The van der Waals surface area contributed by atoms with Crippen LogP contribution in [0.15, 0.2) is 0 Å². The second-order valence-corrected chi connectivity index (χ2v) is 5.11. The molecule has 0 rings (SSSR count). The summed E-state index contributed by atoms with van der Waals surface area (Å²) in [5.41, 5.74) is 5.53. The van der Waals surface area contributed by atoms with Crippen molar-refractivity contribution in [2.75, 3.05) is 13.2 Å². The van der Waals surface area contributed by atoms with Gasteiger partial charge in [0.15, 0.2) is 0 Å². The number of hydrogen-bond acceptors (Lipinski definition) is 3. The van der Waals surface area contributed by atoms with Crippen LogP contribution < -0.4 is 11.1 Å². The van der Waals surface area contributed by atoms with Gasteiger partial charge in [0.25, 0.3) is 0 Å². The van der Waals surface area contributed by atoms with E-state index in [-0.39, 0.29) is 17.6 Å². The largest absolute Gasteiger partial charge is 0.379 e. The van der Waals surface area contributed by atoms with E-state index < -0.39 is 0 Å². The van der Waals surface area contributed by atoms with Gasteiger partial charge >= 0.3 is 0 Å². The molecule has 3 N–H and O–H groups in total. The monoisotopic (exact) mass is 230 g/mol. The zero-order chi connectivity index (χ0) is 12.6. The van der Waals surface area contributed by atoms with Gasteiger partial charge in [-0.15, -0.1) is 0 Å². The first-order chi connectivity index (χ1) is 7.31. The molecule has 16 heavy (non-hydrogen) atoms. The molecule has 0 radical (unpaired) electrons. The zero-order valence-corrected chi connectivity index (χ0v) is 11.0. The lowest BCUT2D eigenvalue weighted by Gasteiger charge is -2.17. The van der Waals surface area contributed by atoms with Crippen molar-refractivity contribution in [2.45, 2.75) is 58.6 Å². The Kier molecular flexibility index (Phi) is 7.34. The molecule has 0 aliphatic heterocycles. The van der Waals surface area contributed by atoms with Gasteiger partial charge in [-0.3, -0.25) is 4.79 Å². The molecule has 0 bridgehead atoms. The van der Waals surface area contributed by atoms with E-state index >= 15 is 0 Å². The molecule has 1 amide bonds. The second-order valence-electron chi connectivity index (χ2n) is 5.11. The third kappa shape index (κ3) is 11.5. The summed E-state index contributed by atoms with van der Waals surface area (Å²) in [6, 6.07) is 0. The maximum absolute atomic E-state index is 11.4. The van der Waals surface area contributed by atoms with Gasteiger partial charge in [0.05, 0.1) is 6.10 Å². The number of ether oxygens (including phenoxy) is 1. The number of hydrogen-bond donors (Lipinski definition) is 2. The maximum atomic E-state index is 11.4. The first kappa shape index (κ1) is 15.4. The summed E-state index contributed by atoms with van der Waals surface area (Å²) in [4.78, 5) is 11.4. The topological polar surface area (TPSA) is 64.3 Å². The van der Waals surface area contributed by atoms with Gasteiger partial charge in [-0.1, -0.05) is 0 Å². The Labute approximate surface area is 98.9 Å². The van der Waals surface area contributed by atoms with Gasteiger partial charge in [-0.2, -0.15) is 0 Å². The van der Waals surface area contributed by atoms with Crippen LogP contribution in [0.3, 0.4) is 0 Å². The van der Waals surface area contributed by atoms with E-state index in [1.807, 2.05) is 27.7 Å². The third-order valence-electron chi connectivity index (χ3n) is 2.09. The molecule has 0 aromatic heterocycles. The molecule has 0 heterocycles. The zero-order valence-electron chi connectivity index (χ0n) is 11.0. The highest BCUT2D eigenvalue weighted by Gasteiger charge is 2.12. The maximum Gasteiger partial charge on any atom is 0.220 e. The highest BCUT2D eigenvalue weighted by atomic mass is 16.5. The molecule has 0 aromatic rings. The van der Waals surface area contributed by atoms with Crippen LogP contribution in [0, 0.1) is 0 Å². The normalized spacial score (nSPS) is 11.9. The molecule has 0 saturated carbocycles. The summed E-state index contributed by atoms with van der Waals surface area (Å²) in [5.74, 6) is 0.0723. The lowest BCUT2D eigenvalue weighted by Crippen LogP contribution is -2.34. The fourth-order valence-electron chi connectivity index (χ4n) is 1.14. The Morgan fingerprint density at radius 2 is 2.06 bits per heavy atom. The minimum atomic E-state index is -0.266. The molecule has 0 saturated heterocycles. The average Bonchev–Trinajstić information content (AvgIpc) is 2.12. The average molecular weight is 230 g/mol. The smallest absolute Gasteiger partial charge is 0.220 e. The lowest BCUT2D eigenvalue weighted by molar-refractivity contribution is -0.121. The third-order valence-corrected chi connectivity index (χ3v) is 2.09. The van der Waals surface area contributed by atoms with E-state index in [4.69, 9.17) is 10.5 Å². The van der Waals surface area contributed by atoms with Crippen LogP contribution in [-0.4, -0.2) is 30.7 Å². The molecule has 0 atom stereocenters. The molecule has 0 spiro atoms. The predicted octanol–water partition coefficient (Wildman–Crippen LogP) is 1.44. The van der Waals surface area contributed by atoms with E-state index in [1.165, 1.54) is 0 Å². The van der Waals surface area contributed by atoms with E-state index in [1.54, 1.807) is 0 Å². The summed E-state index contributed by atoms with van der Waals surface area (Å²) < 4.78 is 5.37. The van der Waals surface area contributed by atoms with Crippen molar-refractivity contribution in [3.05, 3.63) is 0 Å². The molecular formula is C12H26N2O2. The van der Waals surface area contributed by atoms with Gasteiger partial charge in [0.1, 0.15) is 0 Å². The minimum Gasteiger partial charge on any atom is -0.379 e.